The van der Waals surface area contributed by atoms with Crippen molar-refractivity contribution in [2.45, 2.75) is 39.3 Å². The fraction of sp³-hybridized carbons (Fsp3) is 0.241. The topological polar surface area (TPSA) is 56.1 Å². The average molecular weight is 454 g/mol. The average Bonchev–Trinajstić information content (AvgIpc) is 3.21. The number of benzene rings is 3. The number of fused-ring (bicyclic) bond motifs is 1. The first-order valence-corrected chi connectivity index (χ1v) is 11.8. The summed E-state index contributed by atoms with van der Waals surface area (Å²) in [6.45, 7) is 7.66. The Bertz CT molecular complexity index is 1280. The van der Waals surface area contributed by atoms with Gasteiger partial charge in [-0.25, -0.2) is 4.98 Å². The van der Waals surface area contributed by atoms with Gasteiger partial charge in [0.1, 0.15) is 11.6 Å². The first kappa shape index (κ1) is 23.3. The van der Waals surface area contributed by atoms with Crippen LogP contribution in [0.2, 0.25) is 0 Å². The van der Waals surface area contributed by atoms with E-state index >= 15 is 0 Å². The van der Waals surface area contributed by atoms with Gasteiger partial charge >= 0.3 is 0 Å². The second-order valence-corrected chi connectivity index (χ2v) is 8.38. The first-order valence-electron chi connectivity index (χ1n) is 11.8. The van der Waals surface area contributed by atoms with Crippen LogP contribution in [0, 0.1) is 6.92 Å². The van der Waals surface area contributed by atoms with Gasteiger partial charge in [0.2, 0.25) is 0 Å². The molecule has 1 N–H and O–H groups in total. The molecule has 0 radical (unpaired) electrons. The summed E-state index contributed by atoms with van der Waals surface area (Å²) in [5.74, 6) is 1.70. The maximum absolute atomic E-state index is 12.6. The standard InChI is InChI=1S/C29H31N3O2/c1-3-11-23-13-4-7-17-27(23)34-19-9-8-18-32-26-16-6-5-15-25(26)31-28(32)21-30-29(33)24-14-10-12-22(2)20-24/h3-7,10,12-17,20H,1,8-9,11,18-19,21H2,2H3,(H,30,33). The van der Waals surface area contributed by atoms with E-state index in [0.29, 0.717) is 18.7 Å². The van der Waals surface area contributed by atoms with Crippen LogP contribution < -0.4 is 10.1 Å². The van der Waals surface area contributed by atoms with Gasteiger partial charge in [0.05, 0.1) is 24.2 Å². The van der Waals surface area contributed by atoms with Gasteiger partial charge in [0.25, 0.3) is 5.91 Å². The van der Waals surface area contributed by atoms with E-state index in [0.717, 1.165) is 59.5 Å². The number of hydrogen-bond donors (Lipinski definition) is 1. The minimum Gasteiger partial charge on any atom is -0.493 e. The molecule has 5 heteroatoms. The Morgan fingerprint density at radius 3 is 2.74 bits per heavy atom. The van der Waals surface area contributed by atoms with Crippen LogP contribution in [0.3, 0.4) is 0 Å². The van der Waals surface area contributed by atoms with E-state index in [2.05, 4.69) is 28.6 Å². The molecule has 0 aliphatic carbocycles. The minimum absolute atomic E-state index is 0.0890. The summed E-state index contributed by atoms with van der Waals surface area (Å²) >= 11 is 0. The molecule has 0 saturated heterocycles. The largest absolute Gasteiger partial charge is 0.493 e. The third-order valence-electron chi connectivity index (χ3n) is 5.79. The molecule has 5 nitrogen and oxygen atoms in total. The zero-order valence-corrected chi connectivity index (χ0v) is 19.7. The van der Waals surface area contributed by atoms with Crippen molar-refractivity contribution >= 4 is 16.9 Å². The highest BCUT2D eigenvalue weighted by atomic mass is 16.5. The molecule has 1 heterocycles. The Kier molecular flexibility index (Phi) is 7.76. The van der Waals surface area contributed by atoms with Gasteiger partial charge in [-0.1, -0.05) is 54.1 Å². The van der Waals surface area contributed by atoms with E-state index in [9.17, 15) is 4.79 Å². The maximum atomic E-state index is 12.6. The Morgan fingerprint density at radius 1 is 1.06 bits per heavy atom. The highest BCUT2D eigenvalue weighted by Crippen LogP contribution is 2.20. The number of nitrogens with zero attached hydrogens (tertiary/aromatic N) is 2. The molecule has 0 aliphatic rings. The SMILES string of the molecule is C=CCc1ccccc1OCCCCn1c(CNC(=O)c2cccc(C)c2)nc2ccccc21. The summed E-state index contributed by atoms with van der Waals surface area (Å²) in [6.07, 6.45) is 4.56. The lowest BCUT2D eigenvalue weighted by atomic mass is 10.1. The number of aryl methyl sites for hydroxylation is 2. The fourth-order valence-electron chi connectivity index (χ4n) is 4.08. The molecule has 0 saturated carbocycles. The molecule has 4 aromatic rings. The molecule has 174 valence electrons. The zero-order valence-electron chi connectivity index (χ0n) is 19.7. The first-order chi connectivity index (χ1) is 16.7. The zero-order chi connectivity index (χ0) is 23.8. The molecule has 4 rings (SSSR count). The second-order valence-electron chi connectivity index (χ2n) is 8.38. The van der Waals surface area contributed by atoms with Gasteiger partial charge in [-0.3, -0.25) is 4.79 Å². The van der Waals surface area contributed by atoms with Crippen molar-refractivity contribution in [2.75, 3.05) is 6.61 Å². The number of amides is 1. The Balaban J connectivity index is 1.37. The van der Waals surface area contributed by atoms with Crippen LogP contribution in [-0.4, -0.2) is 22.1 Å². The van der Waals surface area contributed by atoms with Crippen LogP contribution in [0.15, 0.2) is 85.5 Å². The van der Waals surface area contributed by atoms with Crippen molar-refractivity contribution in [2.24, 2.45) is 0 Å². The molecule has 0 bridgehead atoms. The molecule has 1 amide bonds. The summed E-state index contributed by atoms with van der Waals surface area (Å²) in [7, 11) is 0. The lowest BCUT2D eigenvalue weighted by Crippen LogP contribution is -2.25. The number of unbranched alkanes of at least 4 members (excludes halogenated alkanes) is 1. The Labute approximate surface area is 201 Å². The number of ether oxygens (including phenoxy) is 1. The van der Waals surface area contributed by atoms with Crippen LogP contribution in [0.4, 0.5) is 0 Å². The smallest absolute Gasteiger partial charge is 0.251 e. The molecule has 3 aromatic carbocycles. The predicted octanol–water partition coefficient (Wildman–Crippen LogP) is 5.86. The van der Waals surface area contributed by atoms with E-state index in [1.807, 2.05) is 73.7 Å². The Morgan fingerprint density at radius 2 is 1.88 bits per heavy atom. The lowest BCUT2D eigenvalue weighted by Gasteiger charge is -2.12. The number of imidazole rings is 1. The van der Waals surface area contributed by atoms with Gasteiger partial charge in [0.15, 0.2) is 0 Å². The molecular weight excluding hydrogens is 422 g/mol. The quantitative estimate of drug-likeness (QED) is 0.228. The van der Waals surface area contributed by atoms with Crippen molar-refractivity contribution in [1.29, 1.82) is 0 Å². The lowest BCUT2D eigenvalue weighted by molar-refractivity contribution is 0.0949. The number of aromatic nitrogens is 2. The summed E-state index contributed by atoms with van der Waals surface area (Å²) in [5.41, 5.74) is 4.91. The maximum Gasteiger partial charge on any atom is 0.251 e. The molecule has 0 spiro atoms. The fourth-order valence-corrected chi connectivity index (χ4v) is 4.08. The normalized spacial score (nSPS) is 10.9. The van der Waals surface area contributed by atoms with Gasteiger partial charge < -0.3 is 14.6 Å². The number of para-hydroxylation sites is 3. The second kappa shape index (κ2) is 11.3. The van der Waals surface area contributed by atoms with E-state index in [1.165, 1.54) is 0 Å². The van der Waals surface area contributed by atoms with E-state index < -0.39 is 0 Å². The van der Waals surface area contributed by atoms with Gasteiger partial charge in [0, 0.05) is 12.1 Å². The van der Waals surface area contributed by atoms with Crippen LogP contribution in [-0.2, 0) is 19.5 Å². The molecule has 1 aromatic heterocycles. The van der Waals surface area contributed by atoms with Gasteiger partial charge in [-0.15, -0.1) is 6.58 Å². The highest BCUT2D eigenvalue weighted by Gasteiger charge is 2.12. The summed E-state index contributed by atoms with van der Waals surface area (Å²) in [4.78, 5) is 17.4. The third-order valence-corrected chi connectivity index (χ3v) is 5.79. The van der Waals surface area contributed by atoms with E-state index in [1.54, 1.807) is 0 Å². The van der Waals surface area contributed by atoms with E-state index in [4.69, 9.17) is 9.72 Å². The highest BCUT2D eigenvalue weighted by molar-refractivity contribution is 5.94. The predicted molar refractivity (Wildman–Crippen MR) is 137 cm³/mol. The Hall–Kier alpha value is -3.86. The third kappa shape index (κ3) is 5.73. The van der Waals surface area contributed by atoms with Crippen molar-refractivity contribution in [3.05, 3.63) is 108 Å². The number of rotatable bonds is 11. The number of hydrogen-bond acceptors (Lipinski definition) is 3. The number of allylic oxidation sites excluding steroid dienone is 1. The van der Waals surface area contributed by atoms with Crippen LogP contribution in [0.25, 0.3) is 11.0 Å². The molecule has 0 unspecified atom stereocenters. The molecule has 0 aliphatic heterocycles. The van der Waals surface area contributed by atoms with Gasteiger partial charge in [-0.05, 0) is 62.1 Å². The summed E-state index contributed by atoms with van der Waals surface area (Å²) < 4.78 is 8.24. The number of carbonyl (C=O) groups excluding carboxylic acids is 1. The number of nitrogens with one attached hydrogen (secondary N) is 1. The number of carbonyl (C=O) groups is 1. The molecule has 0 atom stereocenters. The van der Waals surface area contributed by atoms with Crippen molar-refractivity contribution in [3.63, 3.8) is 0 Å². The van der Waals surface area contributed by atoms with Crippen molar-refractivity contribution in [1.82, 2.24) is 14.9 Å². The van der Waals surface area contributed by atoms with Crippen LogP contribution in [0.1, 0.15) is 40.2 Å². The van der Waals surface area contributed by atoms with Crippen molar-refractivity contribution < 1.29 is 9.53 Å². The summed E-state index contributed by atoms with van der Waals surface area (Å²) in [6, 6.07) is 23.8. The summed E-state index contributed by atoms with van der Waals surface area (Å²) in [5, 5.41) is 3.03. The van der Waals surface area contributed by atoms with E-state index in [-0.39, 0.29) is 5.91 Å². The van der Waals surface area contributed by atoms with Gasteiger partial charge in [-0.2, -0.15) is 0 Å². The van der Waals surface area contributed by atoms with Crippen LogP contribution in [0.5, 0.6) is 5.75 Å². The minimum atomic E-state index is -0.0890. The molecule has 34 heavy (non-hydrogen) atoms. The van der Waals surface area contributed by atoms with Crippen molar-refractivity contribution in [3.8, 4) is 5.75 Å². The monoisotopic (exact) mass is 453 g/mol. The van der Waals surface area contributed by atoms with Crippen LogP contribution >= 0.6 is 0 Å². The molecular formula is C29H31N3O2. The molecule has 0 fully saturated rings.